The fourth-order valence-electron chi connectivity index (χ4n) is 1.20. The number of hydrogen-bond acceptors (Lipinski definition) is 2. The van der Waals surface area contributed by atoms with E-state index in [0.29, 0.717) is 11.3 Å². The highest BCUT2D eigenvalue weighted by atomic mass is 16.1. The molecule has 1 aromatic carbocycles. The lowest BCUT2D eigenvalue weighted by Gasteiger charge is -2.06. The van der Waals surface area contributed by atoms with Crippen molar-refractivity contribution in [2.24, 2.45) is 0 Å². The molecule has 0 aromatic heterocycles. The van der Waals surface area contributed by atoms with Crippen molar-refractivity contribution in [1.29, 1.82) is 0 Å². The van der Waals surface area contributed by atoms with E-state index in [2.05, 4.69) is 6.58 Å². The first-order chi connectivity index (χ1) is 6.06. The molecule has 0 bridgehead atoms. The van der Waals surface area contributed by atoms with Gasteiger partial charge in [0.15, 0.2) is 5.78 Å². The van der Waals surface area contributed by atoms with E-state index in [4.69, 9.17) is 5.73 Å². The summed E-state index contributed by atoms with van der Waals surface area (Å²) in [7, 11) is 0. The second-order valence-corrected chi connectivity index (χ2v) is 3.06. The van der Waals surface area contributed by atoms with Crippen LogP contribution in [0.15, 0.2) is 18.7 Å². The van der Waals surface area contributed by atoms with Crippen molar-refractivity contribution >= 4 is 17.5 Å². The van der Waals surface area contributed by atoms with Crippen LogP contribution in [-0.2, 0) is 0 Å². The average Bonchev–Trinajstić information content (AvgIpc) is 2.09. The summed E-state index contributed by atoms with van der Waals surface area (Å²) >= 11 is 0. The minimum Gasteiger partial charge on any atom is -0.398 e. The Kier molecular flexibility index (Phi) is 2.52. The molecule has 0 aliphatic carbocycles. The number of rotatable bonds is 2. The molecule has 1 aromatic rings. The SMILES string of the molecule is C=Cc1cc(C(C)=O)cc(C)c1N. The van der Waals surface area contributed by atoms with Crippen LogP contribution >= 0.6 is 0 Å². The normalized spacial score (nSPS) is 9.69. The molecule has 0 saturated heterocycles. The molecule has 13 heavy (non-hydrogen) atoms. The first kappa shape index (κ1) is 9.52. The van der Waals surface area contributed by atoms with E-state index in [9.17, 15) is 4.79 Å². The number of anilines is 1. The zero-order chi connectivity index (χ0) is 10.0. The summed E-state index contributed by atoms with van der Waals surface area (Å²) < 4.78 is 0. The molecule has 2 nitrogen and oxygen atoms in total. The van der Waals surface area contributed by atoms with Gasteiger partial charge in [-0.05, 0) is 37.1 Å². The second kappa shape index (κ2) is 3.44. The Morgan fingerprint density at radius 2 is 2.15 bits per heavy atom. The van der Waals surface area contributed by atoms with Crippen LogP contribution in [0, 0.1) is 6.92 Å². The number of ketones is 1. The Balaban J connectivity index is 3.38. The van der Waals surface area contributed by atoms with Crippen molar-refractivity contribution in [3.63, 3.8) is 0 Å². The average molecular weight is 175 g/mol. The summed E-state index contributed by atoms with van der Waals surface area (Å²) in [6.45, 7) is 7.07. The molecule has 0 unspecified atom stereocenters. The monoisotopic (exact) mass is 175 g/mol. The maximum atomic E-state index is 11.1. The number of carbonyl (C=O) groups is 1. The van der Waals surface area contributed by atoms with Crippen molar-refractivity contribution in [3.8, 4) is 0 Å². The molecule has 0 fully saturated rings. The number of nitrogens with two attached hydrogens (primary N) is 1. The molecule has 0 radical (unpaired) electrons. The van der Waals surface area contributed by atoms with Gasteiger partial charge in [0.05, 0.1) is 0 Å². The maximum Gasteiger partial charge on any atom is 0.159 e. The van der Waals surface area contributed by atoms with Crippen LogP contribution in [0.1, 0.15) is 28.4 Å². The maximum absolute atomic E-state index is 11.1. The highest BCUT2D eigenvalue weighted by Gasteiger charge is 2.05. The number of nitrogen functional groups attached to an aromatic ring is 1. The third-order valence-corrected chi connectivity index (χ3v) is 2.05. The van der Waals surface area contributed by atoms with Gasteiger partial charge >= 0.3 is 0 Å². The lowest BCUT2D eigenvalue weighted by molar-refractivity contribution is 0.101. The van der Waals surface area contributed by atoms with E-state index in [1.165, 1.54) is 6.92 Å². The van der Waals surface area contributed by atoms with Crippen molar-refractivity contribution in [3.05, 3.63) is 35.4 Å². The van der Waals surface area contributed by atoms with Crippen molar-refractivity contribution < 1.29 is 4.79 Å². The number of hydrogen-bond donors (Lipinski definition) is 1. The van der Waals surface area contributed by atoms with Crippen molar-refractivity contribution in [1.82, 2.24) is 0 Å². The van der Waals surface area contributed by atoms with Crippen LogP contribution in [0.25, 0.3) is 6.08 Å². The summed E-state index contributed by atoms with van der Waals surface area (Å²) in [5.41, 5.74) is 8.90. The number of benzene rings is 1. The zero-order valence-electron chi connectivity index (χ0n) is 7.92. The lowest BCUT2D eigenvalue weighted by Crippen LogP contribution is -1.99. The molecule has 0 aliphatic heterocycles. The smallest absolute Gasteiger partial charge is 0.159 e. The quantitative estimate of drug-likeness (QED) is 0.554. The van der Waals surface area contributed by atoms with Crippen molar-refractivity contribution in [2.75, 3.05) is 5.73 Å². The van der Waals surface area contributed by atoms with Gasteiger partial charge in [-0.25, -0.2) is 0 Å². The molecular weight excluding hydrogens is 162 g/mol. The first-order valence-electron chi connectivity index (χ1n) is 4.09. The minimum absolute atomic E-state index is 0.0474. The summed E-state index contributed by atoms with van der Waals surface area (Å²) in [4.78, 5) is 11.1. The van der Waals surface area contributed by atoms with E-state index in [-0.39, 0.29) is 5.78 Å². The van der Waals surface area contributed by atoms with Gasteiger partial charge in [0.2, 0.25) is 0 Å². The van der Waals surface area contributed by atoms with Gasteiger partial charge in [0, 0.05) is 11.3 Å². The Bertz CT molecular complexity index is 367. The molecule has 0 aliphatic rings. The number of aryl methyl sites for hydroxylation is 1. The third-order valence-electron chi connectivity index (χ3n) is 2.05. The fraction of sp³-hybridized carbons (Fsp3) is 0.182. The summed E-state index contributed by atoms with van der Waals surface area (Å²) in [6, 6.07) is 3.56. The highest BCUT2D eigenvalue weighted by Crippen LogP contribution is 2.20. The van der Waals surface area contributed by atoms with Crippen LogP contribution < -0.4 is 5.73 Å². The Labute approximate surface area is 78.1 Å². The molecule has 0 amide bonds. The lowest BCUT2D eigenvalue weighted by atomic mass is 10.0. The summed E-state index contributed by atoms with van der Waals surface area (Å²) in [6.07, 6.45) is 1.66. The predicted octanol–water partition coefficient (Wildman–Crippen LogP) is 2.42. The van der Waals surface area contributed by atoms with E-state index in [1.807, 2.05) is 6.92 Å². The largest absolute Gasteiger partial charge is 0.398 e. The number of carbonyl (C=O) groups excluding carboxylic acids is 1. The van der Waals surface area contributed by atoms with Gasteiger partial charge in [-0.3, -0.25) is 4.79 Å². The molecule has 2 heteroatoms. The Morgan fingerprint density at radius 3 is 2.62 bits per heavy atom. The molecule has 0 spiro atoms. The summed E-state index contributed by atoms with van der Waals surface area (Å²) in [5, 5.41) is 0. The van der Waals surface area contributed by atoms with Crippen LogP contribution in [0.4, 0.5) is 5.69 Å². The van der Waals surface area contributed by atoms with Gasteiger partial charge in [0.1, 0.15) is 0 Å². The fourth-order valence-corrected chi connectivity index (χ4v) is 1.20. The van der Waals surface area contributed by atoms with Crippen LogP contribution in [0.5, 0.6) is 0 Å². The van der Waals surface area contributed by atoms with E-state index < -0.39 is 0 Å². The topological polar surface area (TPSA) is 43.1 Å². The molecule has 1 rings (SSSR count). The minimum atomic E-state index is 0.0474. The standard InChI is InChI=1S/C11H13NO/c1-4-9-6-10(8(3)13)5-7(2)11(9)12/h4-6H,1,12H2,2-3H3. The zero-order valence-corrected chi connectivity index (χ0v) is 7.92. The van der Waals surface area contributed by atoms with Crippen molar-refractivity contribution in [2.45, 2.75) is 13.8 Å². The summed E-state index contributed by atoms with van der Waals surface area (Å²) in [5.74, 6) is 0.0474. The van der Waals surface area contributed by atoms with E-state index in [0.717, 1.165) is 11.1 Å². The second-order valence-electron chi connectivity index (χ2n) is 3.06. The van der Waals surface area contributed by atoms with Gasteiger partial charge in [-0.1, -0.05) is 12.7 Å². The predicted molar refractivity (Wildman–Crippen MR) is 55.7 cm³/mol. The van der Waals surface area contributed by atoms with E-state index in [1.54, 1.807) is 18.2 Å². The molecule has 0 heterocycles. The van der Waals surface area contributed by atoms with Crippen LogP contribution in [0.2, 0.25) is 0 Å². The molecule has 0 saturated carbocycles. The van der Waals surface area contributed by atoms with E-state index >= 15 is 0 Å². The molecule has 2 N–H and O–H groups in total. The highest BCUT2D eigenvalue weighted by molar-refractivity contribution is 5.95. The van der Waals surface area contributed by atoms with Crippen LogP contribution in [0.3, 0.4) is 0 Å². The van der Waals surface area contributed by atoms with Gasteiger partial charge < -0.3 is 5.73 Å². The molecular formula is C11H13NO. The van der Waals surface area contributed by atoms with Gasteiger partial charge in [-0.2, -0.15) is 0 Å². The Hall–Kier alpha value is -1.57. The van der Waals surface area contributed by atoms with Gasteiger partial charge in [0.25, 0.3) is 0 Å². The molecule has 68 valence electrons. The molecule has 0 atom stereocenters. The first-order valence-corrected chi connectivity index (χ1v) is 4.09. The number of Topliss-reactive ketones (excluding diaryl/α,β-unsaturated/α-hetero) is 1. The Morgan fingerprint density at radius 1 is 1.54 bits per heavy atom. The van der Waals surface area contributed by atoms with Gasteiger partial charge in [-0.15, -0.1) is 0 Å². The third kappa shape index (κ3) is 1.78. The van der Waals surface area contributed by atoms with Crippen LogP contribution in [-0.4, -0.2) is 5.78 Å².